The van der Waals surface area contributed by atoms with E-state index in [1.807, 2.05) is 6.07 Å². The molecule has 0 spiro atoms. The lowest BCUT2D eigenvalue weighted by Crippen LogP contribution is -2.44. The Labute approximate surface area is 129 Å². The normalized spacial score (nSPS) is 22.9. The summed E-state index contributed by atoms with van der Waals surface area (Å²) >= 11 is 0. The topological polar surface area (TPSA) is 24.5 Å². The van der Waals surface area contributed by atoms with Crippen LogP contribution in [0, 0.1) is 0 Å². The molecule has 0 saturated heterocycles. The van der Waals surface area contributed by atoms with Crippen molar-refractivity contribution in [3.05, 3.63) is 29.8 Å². The first-order chi connectivity index (χ1) is 10.1. The molecule has 1 aliphatic carbocycles. The third-order valence-corrected chi connectivity index (χ3v) is 4.94. The molecule has 1 unspecified atom stereocenters. The van der Waals surface area contributed by atoms with E-state index < -0.39 is 0 Å². The van der Waals surface area contributed by atoms with Crippen LogP contribution in [0.3, 0.4) is 0 Å². The second kappa shape index (κ2) is 7.81. The number of rotatable bonds is 8. The number of ether oxygens (including phenoxy) is 1. The van der Waals surface area contributed by atoms with Gasteiger partial charge in [-0.2, -0.15) is 0 Å². The minimum Gasteiger partial charge on any atom is -0.497 e. The molecule has 3 nitrogen and oxygen atoms in total. The SMILES string of the molecule is CCC(C)N(C)CCNC1CC(c2cccc(OC)c2)C1. The smallest absolute Gasteiger partial charge is 0.119 e. The lowest BCUT2D eigenvalue weighted by Gasteiger charge is -2.37. The summed E-state index contributed by atoms with van der Waals surface area (Å²) in [6.45, 7) is 6.77. The van der Waals surface area contributed by atoms with E-state index in [0.717, 1.165) is 18.8 Å². The molecule has 1 fully saturated rings. The van der Waals surface area contributed by atoms with Crippen LogP contribution >= 0.6 is 0 Å². The van der Waals surface area contributed by atoms with Gasteiger partial charge in [0.1, 0.15) is 5.75 Å². The summed E-state index contributed by atoms with van der Waals surface area (Å²) < 4.78 is 5.30. The molecule has 0 bridgehead atoms. The Morgan fingerprint density at radius 1 is 1.38 bits per heavy atom. The number of likely N-dealkylation sites (N-methyl/N-ethyl adjacent to an activating group) is 1. The first-order valence-corrected chi connectivity index (χ1v) is 8.21. The lowest BCUT2D eigenvalue weighted by molar-refractivity contribution is 0.229. The second-order valence-corrected chi connectivity index (χ2v) is 6.33. The molecule has 21 heavy (non-hydrogen) atoms. The maximum atomic E-state index is 5.30. The number of methoxy groups -OCH3 is 1. The van der Waals surface area contributed by atoms with Gasteiger partial charge in [-0.25, -0.2) is 0 Å². The minimum atomic E-state index is 0.678. The first kappa shape index (κ1) is 16.3. The van der Waals surface area contributed by atoms with Gasteiger partial charge in [0.25, 0.3) is 0 Å². The summed E-state index contributed by atoms with van der Waals surface area (Å²) in [7, 11) is 3.95. The van der Waals surface area contributed by atoms with Crippen LogP contribution in [0.4, 0.5) is 0 Å². The maximum Gasteiger partial charge on any atom is 0.119 e. The van der Waals surface area contributed by atoms with Crippen molar-refractivity contribution in [1.29, 1.82) is 0 Å². The highest BCUT2D eigenvalue weighted by Crippen LogP contribution is 2.37. The Bertz CT molecular complexity index is 429. The van der Waals surface area contributed by atoms with Crippen LogP contribution in [-0.2, 0) is 0 Å². The van der Waals surface area contributed by atoms with Crippen LogP contribution in [0.15, 0.2) is 24.3 Å². The summed E-state index contributed by atoms with van der Waals surface area (Å²) in [5.74, 6) is 1.67. The zero-order valence-electron chi connectivity index (χ0n) is 13.9. The highest BCUT2D eigenvalue weighted by molar-refractivity contribution is 5.32. The van der Waals surface area contributed by atoms with Gasteiger partial charge in [0, 0.05) is 25.2 Å². The molecule has 3 heteroatoms. The number of nitrogens with zero attached hydrogens (tertiary/aromatic N) is 1. The van der Waals surface area contributed by atoms with Gasteiger partial charge in [0.2, 0.25) is 0 Å². The summed E-state index contributed by atoms with van der Waals surface area (Å²) in [6.07, 6.45) is 3.72. The van der Waals surface area contributed by atoms with E-state index in [9.17, 15) is 0 Å². The molecule has 0 radical (unpaired) electrons. The van der Waals surface area contributed by atoms with Gasteiger partial charge in [0.05, 0.1) is 7.11 Å². The van der Waals surface area contributed by atoms with Gasteiger partial charge >= 0.3 is 0 Å². The molecule has 0 amide bonds. The van der Waals surface area contributed by atoms with Gasteiger partial charge in [-0.3, -0.25) is 0 Å². The minimum absolute atomic E-state index is 0.678. The summed E-state index contributed by atoms with van der Waals surface area (Å²) in [5, 5.41) is 3.68. The van der Waals surface area contributed by atoms with Gasteiger partial charge < -0.3 is 15.0 Å². The Balaban J connectivity index is 1.67. The van der Waals surface area contributed by atoms with Crippen LogP contribution in [0.25, 0.3) is 0 Å². The van der Waals surface area contributed by atoms with Crippen molar-refractivity contribution in [2.75, 3.05) is 27.2 Å². The third kappa shape index (κ3) is 4.45. The molecule has 1 aromatic rings. The van der Waals surface area contributed by atoms with Crippen LogP contribution in [0.5, 0.6) is 5.75 Å². The fourth-order valence-electron chi connectivity index (χ4n) is 2.93. The van der Waals surface area contributed by atoms with E-state index in [0.29, 0.717) is 18.0 Å². The van der Waals surface area contributed by atoms with Crippen LogP contribution in [0.2, 0.25) is 0 Å². The van der Waals surface area contributed by atoms with Crippen molar-refractivity contribution >= 4 is 0 Å². The predicted molar refractivity (Wildman–Crippen MR) is 89.1 cm³/mol. The molecular formula is C18H30N2O. The molecule has 1 N–H and O–H groups in total. The molecule has 0 aromatic heterocycles. The molecule has 0 aliphatic heterocycles. The fourth-order valence-corrected chi connectivity index (χ4v) is 2.93. The fraction of sp³-hybridized carbons (Fsp3) is 0.667. The van der Waals surface area contributed by atoms with E-state index in [2.05, 4.69) is 49.3 Å². The monoisotopic (exact) mass is 290 g/mol. The van der Waals surface area contributed by atoms with E-state index in [4.69, 9.17) is 4.74 Å². The van der Waals surface area contributed by atoms with E-state index in [1.54, 1.807) is 7.11 Å². The zero-order chi connectivity index (χ0) is 15.2. The summed E-state index contributed by atoms with van der Waals surface area (Å²) in [5.41, 5.74) is 1.42. The summed E-state index contributed by atoms with van der Waals surface area (Å²) in [4.78, 5) is 2.44. The van der Waals surface area contributed by atoms with E-state index in [-0.39, 0.29) is 0 Å². The van der Waals surface area contributed by atoms with E-state index >= 15 is 0 Å². The van der Waals surface area contributed by atoms with Crippen molar-refractivity contribution in [3.8, 4) is 5.75 Å². The molecular weight excluding hydrogens is 260 g/mol. The van der Waals surface area contributed by atoms with Crippen LogP contribution < -0.4 is 10.1 Å². The number of benzene rings is 1. The highest BCUT2D eigenvalue weighted by Gasteiger charge is 2.29. The first-order valence-electron chi connectivity index (χ1n) is 8.21. The van der Waals surface area contributed by atoms with Gasteiger partial charge in [-0.15, -0.1) is 0 Å². The predicted octanol–water partition coefficient (Wildman–Crippen LogP) is 3.26. The van der Waals surface area contributed by atoms with Crippen LogP contribution in [-0.4, -0.2) is 44.2 Å². The number of hydrogen-bond donors (Lipinski definition) is 1. The van der Waals surface area contributed by atoms with Crippen molar-refractivity contribution in [2.24, 2.45) is 0 Å². The number of nitrogens with one attached hydrogen (secondary N) is 1. The highest BCUT2D eigenvalue weighted by atomic mass is 16.5. The standard InChI is InChI=1S/C18H30N2O/c1-5-14(2)20(3)10-9-19-17-11-16(12-17)15-7-6-8-18(13-15)21-4/h6-8,13-14,16-17,19H,5,9-12H2,1-4H3. The molecule has 1 aliphatic rings. The average molecular weight is 290 g/mol. The van der Waals surface area contributed by atoms with Crippen molar-refractivity contribution < 1.29 is 4.74 Å². The quantitative estimate of drug-likeness (QED) is 0.795. The number of hydrogen-bond acceptors (Lipinski definition) is 3. The molecule has 1 atom stereocenters. The molecule has 0 heterocycles. The average Bonchev–Trinajstić information content (AvgIpc) is 2.48. The molecule has 2 rings (SSSR count). The van der Waals surface area contributed by atoms with Gasteiger partial charge in [0.15, 0.2) is 0 Å². The molecule has 118 valence electrons. The zero-order valence-corrected chi connectivity index (χ0v) is 13.9. The molecule has 1 aromatic carbocycles. The molecule has 1 saturated carbocycles. The lowest BCUT2D eigenvalue weighted by atomic mass is 9.76. The third-order valence-electron chi connectivity index (χ3n) is 4.94. The van der Waals surface area contributed by atoms with Crippen molar-refractivity contribution in [3.63, 3.8) is 0 Å². The second-order valence-electron chi connectivity index (χ2n) is 6.33. The Kier molecular flexibility index (Phi) is 6.07. The Morgan fingerprint density at radius 3 is 2.81 bits per heavy atom. The van der Waals surface area contributed by atoms with Crippen molar-refractivity contribution in [2.45, 2.75) is 51.1 Å². The van der Waals surface area contributed by atoms with Crippen molar-refractivity contribution in [1.82, 2.24) is 10.2 Å². The Morgan fingerprint density at radius 2 is 2.14 bits per heavy atom. The Hall–Kier alpha value is -1.06. The summed E-state index contributed by atoms with van der Waals surface area (Å²) in [6, 6.07) is 9.88. The maximum absolute atomic E-state index is 5.30. The largest absolute Gasteiger partial charge is 0.497 e. The van der Waals surface area contributed by atoms with Gasteiger partial charge in [-0.05, 0) is 56.8 Å². The van der Waals surface area contributed by atoms with Crippen LogP contribution in [0.1, 0.15) is 44.6 Å². The van der Waals surface area contributed by atoms with Gasteiger partial charge in [-0.1, -0.05) is 19.1 Å². The van der Waals surface area contributed by atoms with E-state index in [1.165, 1.54) is 24.8 Å².